The maximum absolute atomic E-state index is 12.4. The predicted molar refractivity (Wildman–Crippen MR) is 85.2 cm³/mol. The lowest BCUT2D eigenvalue weighted by molar-refractivity contribution is 0.104. The van der Waals surface area contributed by atoms with Crippen molar-refractivity contribution < 1.29 is 4.79 Å². The van der Waals surface area contributed by atoms with Gasteiger partial charge in [-0.25, -0.2) is 0 Å². The van der Waals surface area contributed by atoms with Gasteiger partial charge < -0.3 is 5.32 Å². The summed E-state index contributed by atoms with van der Waals surface area (Å²) in [6.07, 6.45) is 1.98. The van der Waals surface area contributed by atoms with Crippen LogP contribution in [-0.4, -0.2) is 12.3 Å². The second-order valence-corrected chi connectivity index (χ2v) is 5.64. The van der Waals surface area contributed by atoms with E-state index in [1.807, 2.05) is 54.6 Å². The third kappa shape index (κ3) is 2.37. The first-order chi connectivity index (χ1) is 9.79. The number of carbonyl (C=O) groups excluding carboxylic acids is 1. The first kappa shape index (κ1) is 13.0. The van der Waals surface area contributed by atoms with E-state index in [2.05, 4.69) is 12.2 Å². The van der Waals surface area contributed by atoms with Crippen molar-refractivity contribution in [2.45, 2.75) is 11.8 Å². The summed E-state index contributed by atoms with van der Waals surface area (Å²) in [5, 5.41) is 3.32. The van der Waals surface area contributed by atoms with Gasteiger partial charge >= 0.3 is 0 Å². The molecule has 0 radical (unpaired) electrons. The number of carbonyl (C=O) groups is 1. The smallest absolute Gasteiger partial charge is 0.200 e. The molecule has 1 N–H and O–H groups in total. The van der Waals surface area contributed by atoms with Gasteiger partial charge in [-0.2, -0.15) is 0 Å². The zero-order valence-electron chi connectivity index (χ0n) is 11.2. The molecule has 2 aromatic rings. The summed E-state index contributed by atoms with van der Waals surface area (Å²) >= 11 is 1.55. The number of para-hydroxylation sites is 1. The van der Waals surface area contributed by atoms with Crippen LogP contribution in [-0.2, 0) is 0 Å². The number of thioether (sulfide) groups is 1. The van der Waals surface area contributed by atoms with Gasteiger partial charge in [0.2, 0.25) is 5.78 Å². The van der Waals surface area contributed by atoms with Crippen molar-refractivity contribution in [2.75, 3.05) is 11.9 Å². The molecule has 1 heterocycles. The zero-order valence-corrected chi connectivity index (χ0v) is 12.0. The minimum atomic E-state index is 0.122. The maximum Gasteiger partial charge on any atom is 0.200 e. The average molecular weight is 281 g/mol. The van der Waals surface area contributed by atoms with Gasteiger partial charge in [-0.15, -0.1) is 0 Å². The van der Waals surface area contributed by atoms with Crippen LogP contribution in [0.15, 0.2) is 58.3 Å². The fourth-order valence-corrected chi connectivity index (χ4v) is 3.29. The number of hydrogen-bond acceptors (Lipinski definition) is 3. The number of rotatable bonds is 3. The van der Waals surface area contributed by atoms with Gasteiger partial charge in [0.25, 0.3) is 0 Å². The maximum atomic E-state index is 12.4. The van der Waals surface area contributed by atoms with E-state index in [0.717, 1.165) is 33.2 Å². The van der Waals surface area contributed by atoms with Crippen LogP contribution in [0.4, 0.5) is 5.69 Å². The Morgan fingerprint density at radius 3 is 2.65 bits per heavy atom. The van der Waals surface area contributed by atoms with Gasteiger partial charge in [-0.3, -0.25) is 4.79 Å². The van der Waals surface area contributed by atoms with E-state index in [-0.39, 0.29) is 5.78 Å². The lowest BCUT2D eigenvalue weighted by Gasteiger charge is -2.07. The van der Waals surface area contributed by atoms with Crippen molar-refractivity contribution >= 4 is 29.3 Å². The van der Waals surface area contributed by atoms with Gasteiger partial charge in [0.05, 0.1) is 4.91 Å². The Hall–Kier alpha value is -2.00. The number of benzene rings is 2. The van der Waals surface area contributed by atoms with E-state index in [0.29, 0.717) is 0 Å². The van der Waals surface area contributed by atoms with Crippen molar-refractivity contribution in [3.05, 3.63) is 64.6 Å². The number of ketones is 1. The molecule has 0 amide bonds. The quantitative estimate of drug-likeness (QED) is 0.843. The van der Waals surface area contributed by atoms with Gasteiger partial charge in [0, 0.05) is 22.7 Å². The summed E-state index contributed by atoms with van der Waals surface area (Å²) in [6, 6.07) is 15.8. The Morgan fingerprint density at radius 1 is 1.10 bits per heavy atom. The normalized spacial score (nSPS) is 15.4. The molecule has 0 fully saturated rings. The molecule has 2 nitrogen and oxygen atoms in total. The molecule has 2 aromatic carbocycles. The van der Waals surface area contributed by atoms with Crippen molar-refractivity contribution in [2.24, 2.45) is 0 Å². The zero-order chi connectivity index (χ0) is 13.9. The number of nitrogens with one attached hydrogen (secondary N) is 1. The molecule has 20 heavy (non-hydrogen) atoms. The van der Waals surface area contributed by atoms with Crippen molar-refractivity contribution in [3.8, 4) is 0 Å². The standard InChI is InChI=1S/C17H15NOS/c1-2-18-14-9-5-3-7-12(14)11-16-17(19)13-8-4-6-10-15(13)20-16/h3-11,18H,2H2,1H3. The SMILES string of the molecule is CCNc1ccccc1C=C1Sc2ccccc2C1=O. The Kier molecular flexibility index (Phi) is 3.61. The number of allylic oxidation sites excluding steroid dienone is 1. The van der Waals surface area contributed by atoms with Gasteiger partial charge in [-0.1, -0.05) is 42.1 Å². The number of hydrogen-bond donors (Lipinski definition) is 1. The lowest BCUT2D eigenvalue weighted by Crippen LogP contribution is -1.99. The molecule has 0 saturated carbocycles. The topological polar surface area (TPSA) is 29.1 Å². The average Bonchev–Trinajstić information content (AvgIpc) is 2.79. The van der Waals surface area contributed by atoms with Crippen LogP contribution in [0.1, 0.15) is 22.8 Å². The van der Waals surface area contributed by atoms with E-state index in [4.69, 9.17) is 0 Å². The van der Waals surface area contributed by atoms with Crippen LogP contribution >= 0.6 is 11.8 Å². The van der Waals surface area contributed by atoms with Crippen molar-refractivity contribution in [1.29, 1.82) is 0 Å². The van der Waals surface area contributed by atoms with Crippen LogP contribution in [0.5, 0.6) is 0 Å². The van der Waals surface area contributed by atoms with Crippen molar-refractivity contribution in [1.82, 2.24) is 0 Å². The minimum Gasteiger partial charge on any atom is -0.385 e. The predicted octanol–water partition coefficient (Wildman–Crippen LogP) is 4.45. The van der Waals surface area contributed by atoms with Gasteiger partial charge in [-0.05, 0) is 36.8 Å². The molecule has 0 atom stereocenters. The van der Waals surface area contributed by atoms with E-state index in [1.54, 1.807) is 11.8 Å². The molecule has 0 bridgehead atoms. The van der Waals surface area contributed by atoms with Gasteiger partial charge in [0.15, 0.2) is 0 Å². The van der Waals surface area contributed by atoms with E-state index in [9.17, 15) is 4.79 Å². The Balaban J connectivity index is 1.97. The van der Waals surface area contributed by atoms with Crippen LogP contribution < -0.4 is 5.32 Å². The van der Waals surface area contributed by atoms with E-state index in [1.165, 1.54) is 0 Å². The monoisotopic (exact) mass is 281 g/mol. The summed E-state index contributed by atoms with van der Waals surface area (Å²) in [5.41, 5.74) is 2.93. The fourth-order valence-electron chi connectivity index (χ4n) is 2.25. The van der Waals surface area contributed by atoms with E-state index >= 15 is 0 Å². The minimum absolute atomic E-state index is 0.122. The number of Topliss-reactive ketones (excluding diaryl/α,β-unsaturated/α-hetero) is 1. The number of anilines is 1. The van der Waals surface area contributed by atoms with E-state index < -0.39 is 0 Å². The second-order valence-electron chi connectivity index (χ2n) is 4.55. The molecule has 1 aliphatic rings. The summed E-state index contributed by atoms with van der Waals surface area (Å²) < 4.78 is 0. The van der Waals surface area contributed by atoms with Crippen LogP contribution in [0.2, 0.25) is 0 Å². The number of fused-ring (bicyclic) bond motifs is 1. The summed E-state index contributed by atoms with van der Waals surface area (Å²) in [5.74, 6) is 0.122. The molecule has 100 valence electrons. The Bertz CT molecular complexity index is 691. The summed E-state index contributed by atoms with van der Waals surface area (Å²) in [4.78, 5) is 14.2. The molecule has 3 heteroatoms. The lowest BCUT2D eigenvalue weighted by atomic mass is 10.1. The highest BCUT2D eigenvalue weighted by molar-refractivity contribution is 8.04. The highest BCUT2D eigenvalue weighted by Gasteiger charge is 2.25. The molecule has 0 aromatic heterocycles. The molecule has 3 rings (SSSR count). The third-order valence-corrected chi connectivity index (χ3v) is 4.29. The van der Waals surface area contributed by atoms with Crippen LogP contribution in [0, 0.1) is 0 Å². The Morgan fingerprint density at radius 2 is 1.85 bits per heavy atom. The highest BCUT2D eigenvalue weighted by atomic mass is 32.2. The highest BCUT2D eigenvalue weighted by Crippen LogP contribution is 2.41. The largest absolute Gasteiger partial charge is 0.385 e. The molecule has 0 aliphatic carbocycles. The summed E-state index contributed by atoms with van der Waals surface area (Å²) in [7, 11) is 0. The third-order valence-electron chi connectivity index (χ3n) is 3.19. The molecular formula is C17H15NOS. The first-order valence-electron chi connectivity index (χ1n) is 6.66. The molecule has 0 spiro atoms. The van der Waals surface area contributed by atoms with Crippen molar-refractivity contribution in [3.63, 3.8) is 0 Å². The van der Waals surface area contributed by atoms with Gasteiger partial charge in [0.1, 0.15) is 0 Å². The molecule has 1 aliphatic heterocycles. The molecule has 0 unspecified atom stereocenters. The van der Waals surface area contributed by atoms with Crippen LogP contribution in [0.25, 0.3) is 6.08 Å². The molecule has 0 saturated heterocycles. The fraction of sp³-hybridized carbons (Fsp3) is 0.118. The van der Waals surface area contributed by atoms with Crippen LogP contribution in [0.3, 0.4) is 0 Å². The second kappa shape index (κ2) is 5.55. The summed E-state index contributed by atoms with van der Waals surface area (Å²) in [6.45, 7) is 2.93. The first-order valence-corrected chi connectivity index (χ1v) is 7.47. The Labute approximate surface area is 122 Å². The molecular weight excluding hydrogens is 266 g/mol.